The number of carbonyl (C=O) groups is 1. The van der Waals surface area contributed by atoms with Crippen LogP contribution in [0.3, 0.4) is 0 Å². The van der Waals surface area contributed by atoms with Crippen LogP contribution in [-0.4, -0.2) is 73.6 Å². The van der Waals surface area contributed by atoms with Crippen LogP contribution in [0.5, 0.6) is 5.75 Å². The van der Waals surface area contributed by atoms with Gasteiger partial charge in [-0.25, -0.2) is 17.5 Å². The molecule has 8 nitrogen and oxygen atoms in total. The number of sulfonamides is 1. The first kappa shape index (κ1) is 25.3. The number of aliphatic carboxylic acids is 1. The maximum atomic E-state index is 12.1. The van der Waals surface area contributed by atoms with Crippen molar-refractivity contribution in [1.82, 2.24) is 9.29 Å². The number of piperidine rings is 1. The average Bonchev–Trinajstić information content (AvgIpc) is 2.74. The number of aromatic nitrogens is 1. The number of carboxylic acids is 1. The third kappa shape index (κ3) is 7.04. The van der Waals surface area contributed by atoms with Gasteiger partial charge in [-0.05, 0) is 43.7 Å². The van der Waals surface area contributed by atoms with E-state index in [9.17, 15) is 21.6 Å². The number of hydrogen-bond donors (Lipinski definition) is 1. The van der Waals surface area contributed by atoms with E-state index >= 15 is 0 Å². The second-order valence-corrected chi connectivity index (χ2v) is 9.74. The van der Waals surface area contributed by atoms with Gasteiger partial charge in [0.05, 0.1) is 25.2 Å². The Bertz CT molecular complexity index is 812. The Morgan fingerprint density at radius 1 is 1.35 bits per heavy atom. The fourth-order valence-electron chi connectivity index (χ4n) is 3.79. The van der Waals surface area contributed by atoms with E-state index in [1.807, 2.05) is 12.1 Å². The lowest BCUT2D eigenvalue weighted by Crippen LogP contribution is -2.51. The molecule has 12 heteroatoms. The predicted octanol–water partition coefficient (Wildman–Crippen LogP) is 2.56. The molecule has 0 aliphatic carbocycles. The summed E-state index contributed by atoms with van der Waals surface area (Å²) in [6.07, 6.45) is 1.11. The van der Waals surface area contributed by atoms with Crippen LogP contribution >= 0.6 is 0 Å². The first-order chi connectivity index (χ1) is 14.5. The second kappa shape index (κ2) is 10.6. The zero-order valence-corrected chi connectivity index (χ0v) is 18.0. The highest BCUT2D eigenvalue weighted by atomic mass is 32.2. The summed E-state index contributed by atoms with van der Waals surface area (Å²) in [7, 11) is -3.09. The van der Waals surface area contributed by atoms with Crippen molar-refractivity contribution in [2.24, 2.45) is 11.3 Å². The van der Waals surface area contributed by atoms with E-state index in [0.717, 1.165) is 31.6 Å². The normalized spacial score (nSPS) is 21.7. The largest absolute Gasteiger partial charge is 0.492 e. The lowest BCUT2D eigenvalue weighted by Gasteiger charge is -2.48. The lowest BCUT2D eigenvalue weighted by atomic mass is 9.66. The molecule has 3 rings (SSSR count). The summed E-state index contributed by atoms with van der Waals surface area (Å²) in [4.78, 5) is 13.0. The Kier molecular flexibility index (Phi) is 8.66. The minimum absolute atomic E-state index is 0.125. The van der Waals surface area contributed by atoms with Crippen molar-refractivity contribution in [2.75, 3.05) is 38.7 Å². The molecule has 1 N–H and O–H groups in total. The molecule has 0 saturated carbocycles. The van der Waals surface area contributed by atoms with Crippen LogP contribution in [0, 0.1) is 11.3 Å². The SMILES string of the molecule is CCS(=O)(=O)N1CCC2(CCOCC2COc2cccnc2)CC1.O=C(O)C(F)(F)F. The van der Waals surface area contributed by atoms with Gasteiger partial charge in [0, 0.05) is 31.8 Å². The van der Waals surface area contributed by atoms with E-state index < -0.39 is 22.2 Å². The molecule has 1 aromatic rings. The summed E-state index contributed by atoms with van der Waals surface area (Å²) in [5.74, 6) is -1.52. The molecule has 1 spiro atoms. The number of halogens is 3. The lowest BCUT2D eigenvalue weighted by molar-refractivity contribution is -0.192. The van der Waals surface area contributed by atoms with Crippen molar-refractivity contribution in [3.05, 3.63) is 24.5 Å². The molecule has 0 aromatic carbocycles. The Balaban J connectivity index is 0.000000423. The standard InChI is InChI=1S/C17H26N2O4S.C2HF3O2/c1-2-24(20,21)19-9-5-17(6-10-19)7-11-22-13-15(17)14-23-16-4-3-8-18-12-16;3-2(4,5)1(6)7/h3-4,8,12,15H,2,5-7,9-11,13-14H2,1H3;(H,6,7). The van der Waals surface area contributed by atoms with Crippen LogP contribution in [0.4, 0.5) is 13.2 Å². The summed E-state index contributed by atoms with van der Waals surface area (Å²) < 4.78 is 69.2. The maximum absolute atomic E-state index is 12.1. The smallest absolute Gasteiger partial charge is 0.490 e. The van der Waals surface area contributed by atoms with Gasteiger partial charge in [0.25, 0.3) is 0 Å². The molecule has 1 atom stereocenters. The van der Waals surface area contributed by atoms with Gasteiger partial charge in [0.2, 0.25) is 10.0 Å². The Morgan fingerprint density at radius 3 is 2.52 bits per heavy atom. The molecule has 0 amide bonds. The van der Waals surface area contributed by atoms with Crippen LogP contribution in [0.15, 0.2) is 24.5 Å². The fourth-order valence-corrected chi connectivity index (χ4v) is 4.89. The van der Waals surface area contributed by atoms with E-state index in [1.54, 1.807) is 23.6 Å². The number of pyridine rings is 1. The van der Waals surface area contributed by atoms with Crippen molar-refractivity contribution < 1.29 is 41.0 Å². The summed E-state index contributed by atoms with van der Waals surface area (Å²) >= 11 is 0. The van der Waals surface area contributed by atoms with Crippen molar-refractivity contribution in [3.63, 3.8) is 0 Å². The average molecular weight is 468 g/mol. The second-order valence-electron chi connectivity index (χ2n) is 7.49. The molecule has 2 fully saturated rings. The van der Waals surface area contributed by atoms with Gasteiger partial charge in [-0.2, -0.15) is 13.2 Å². The molecule has 1 aromatic heterocycles. The molecular weight excluding hydrogens is 441 g/mol. The zero-order valence-electron chi connectivity index (χ0n) is 17.2. The number of hydrogen-bond acceptors (Lipinski definition) is 6. The molecule has 31 heavy (non-hydrogen) atoms. The monoisotopic (exact) mass is 468 g/mol. The summed E-state index contributed by atoms with van der Waals surface area (Å²) in [6, 6.07) is 3.76. The molecule has 2 aliphatic rings. The minimum atomic E-state index is -5.08. The zero-order chi connectivity index (χ0) is 23.1. The topological polar surface area (TPSA) is 106 Å². The van der Waals surface area contributed by atoms with E-state index in [4.69, 9.17) is 19.4 Å². The number of nitrogens with zero attached hydrogens (tertiary/aromatic N) is 2. The fraction of sp³-hybridized carbons (Fsp3) is 0.684. The van der Waals surface area contributed by atoms with Crippen LogP contribution in [0.1, 0.15) is 26.2 Å². The Labute approximate surface area is 179 Å². The third-order valence-corrected chi connectivity index (χ3v) is 7.62. The maximum Gasteiger partial charge on any atom is 0.490 e. The summed E-state index contributed by atoms with van der Waals surface area (Å²) in [5.41, 5.74) is 0.125. The van der Waals surface area contributed by atoms with Crippen LogP contribution < -0.4 is 4.74 Å². The molecule has 3 heterocycles. The summed E-state index contributed by atoms with van der Waals surface area (Å²) in [6.45, 7) is 4.95. The van der Waals surface area contributed by atoms with Gasteiger partial charge >= 0.3 is 12.1 Å². The van der Waals surface area contributed by atoms with Gasteiger partial charge in [-0.1, -0.05) is 0 Å². The van der Waals surface area contributed by atoms with Crippen LogP contribution in [-0.2, 0) is 19.6 Å². The van der Waals surface area contributed by atoms with E-state index in [-0.39, 0.29) is 17.1 Å². The molecule has 0 bridgehead atoms. The third-order valence-electron chi connectivity index (χ3n) is 5.73. The summed E-state index contributed by atoms with van der Waals surface area (Å²) in [5, 5.41) is 7.12. The van der Waals surface area contributed by atoms with Gasteiger partial charge in [0.1, 0.15) is 5.75 Å². The first-order valence-electron chi connectivity index (χ1n) is 9.89. The molecule has 2 saturated heterocycles. The molecule has 0 radical (unpaired) electrons. The van der Waals surface area contributed by atoms with Crippen LogP contribution in [0.2, 0.25) is 0 Å². The van der Waals surface area contributed by atoms with Crippen molar-refractivity contribution in [1.29, 1.82) is 0 Å². The predicted molar refractivity (Wildman–Crippen MR) is 105 cm³/mol. The first-order valence-corrected chi connectivity index (χ1v) is 11.5. The molecule has 1 unspecified atom stereocenters. The van der Waals surface area contributed by atoms with E-state index in [2.05, 4.69) is 4.98 Å². The Morgan fingerprint density at radius 2 is 2.00 bits per heavy atom. The van der Waals surface area contributed by atoms with Gasteiger partial charge in [0.15, 0.2) is 0 Å². The number of carboxylic acid groups (broad SMARTS) is 1. The number of rotatable bonds is 5. The van der Waals surface area contributed by atoms with E-state index in [0.29, 0.717) is 26.3 Å². The van der Waals surface area contributed by atoms with Gasteiger partial charge in [-0.3, -0.25) is 4.98 Å². The van der Waals surface area contributed by atoms with Gasteiger partial charge < -0.3 is 14.6 Å². The Hall–Kier alpha value is -1.92. The highest BCUT2D eigenvalue weighted by molar-refractivity contribution is 7.89. The number of alkyl halides is 3. The quantitative estimate of drug-likeness (QED) is 0.708. The van der Waals surface area contributed by atoms with Crippen LogP contribution in [0.25, 0.3) is 0 Å². The van der Waals surface area contributed by atoms with Gasteiger partial charge in [-0.15, -0.1) is 0 Å². The minimum Gasteiger partial charge on any atom is -0.492 e. The number of ether oxygens (including phenoxy) is 2. The highest BCUT2D eigenvalue weighted by Gasteiger charge is 2.45. The molecule has 2 aliphatic heterocycles. The molecular formula is C19H27F3N2O6S. The molecule has 176 valence electrons. The van der Waals surface area contributed by atoms with Crippen molar-refractivity contribution >= 4 is 16.0 Å². The van der Waals surface area contributed by atoms with E-state index in [1.165, 1.54) is 0 Å². The van der Waals surface area contributed by atoms with Crippen molar-refractivity contribution in [2.45, 2.75) is 32.4 Å². The van der Waals surface area contributed by atoms with Crippen molar-refractivity contribution in [3.8, 4) is 5.75 Å². The highest BCUT2D eigenvalue weighted by Crippen LogP contribution is 2.45.